The first-order chi connectivity index (χ1) is 8.22. The molecular weight excluding hydrogens is 254 g/mol. The van der Waals surface area contributed by atoms with Crippen LogP contribution in [-0.2, 0) is 9.53 Å². The van der Waals surface area contributed by atoms with Gasteiger partial charge in [0.2, 0.25) is 0 Å². The van der Waals surface area contributed by atoms with Crippen LogP contribution in [0.5, 0.6) is 0 Å². The topological polar surface area (TPSA) is 56.3 Å². The second kappa shape index (κ2) is 5.48. The van der Waals surface area contributed by atoms with Crippen molar-refractivity contribution in [1.82, 2.24) is 4.98 Å². The molecule has 1 atom stereocenters. The molecule has 0 bridgehead atoms. The highest BCUT2D eigenvalue weighted by Gasteiger charge is 2.29. The lowest BCUT2D eigenvalue weighted by atomic mass is 10.0. The Labute approximate surface area is 111 Å². The van der Waals surface area contributed by atoms with Crippen molar-refractivity contribution in [1.29, 1.82) is 0 Å². The standard InChI is InChI=1S/C13H16ClNO3/c1-8(12(17)18-13(2,3)4)11(16)10-9(14)6-5-7-15-10/h5-8H,1-4H3. The highest BCUT2D eigenvalue weighted by Crippen LogP contribution is 2.19. The van der Waals surface area contributed by atoms with Crippen LogP contribution < -0.4 is 0 Å². The molecule has 1 aromatic heterocycles. The van der Waals surface area contributed by atoms with Gasteiger partial charge in [0.25, 0.3) is 0 Å². The molecule has 4 nitrogen and oxygen atoms in total. The summed E-state index contributed by atoms with van der Waals surface area (Å²) >= 11 is 5.87. The van der Waals surface area contributed by atoms with Gasteiger partial charge < -0.3 is 4.74 Å². The number of halogens is 1. The maximum Gasteiger partial charge on any atom is 0.317 e. The molecule has 0 spiro atoms. The minimum absolute atomic E-state index is 0.0949. The summed E-state index contributed by atoms with van der Waals surface area (Å²) in [6.07, 6.45) is 1.46. The number of nitrogens with zero attached hydrogens (tertiary/aromatic N) is 1. The fraction of sp³-hybridized carbons (Fsp3) is 0.462. The predicted molar refractivity (Wildman–Crippen MR) is 68.6 cm³/mol. The van der Waals surface area contributed by atoms with E-state index < -0.39 is 23.3 Å². The van der Waals surface area contributed by atoms with Gasteiger partial charge in [-0.15, -0.1) is 0 Å². The number of hydrogen-bond acceptors (Lipinski definition) is 4. The van der Waals surface area contributed by atoms with Gasteiger partial charge in [0.1, 0.15) is 17.2 Å². The van der Waals surface area contributed by atoms with Crippen molar-refractivity contribution in [3.05, 3.63) is 29.0 Å². The second-order valence-electron chi connectivity index (χ2n) is 4.95. The lowest BCUT2D eigenvalue weighted by Crippen LogP contribution is -2.31. The zero-order valence-corrected chi connectivity index (χ0v) is 11.6. The molecule has 0 amide bonds. The number of ether oxygens (including phenoxy) is 1. The van der Waals surface area contributed by atoms with Crippen molar-refractivity contribution in [2.24, 2.45) is 5.92 Å². The third-order valence-electron chi connectivity index (χ3n) is 2.15. The predicted octanol–water partition coefficient (Wildman–Crippen LogP) is 2.90. The third kappa shape index (κ3) is 3.81. The number of esters is 1. The highest BCUT2D eigenvalue weighted by atomic mass is 35.5. The monoisotopic (exact) mass is 269 g/mol. The maximum atomic E-state index is 12.0. The van der Waals surface area contributed by atoms with Crippen molar-refractivity contribution in [2.45, 2.75) is 33.3 Å². The van der Waals surface area contributed by atoms with Crippen molar-refractivity contribution in [3.8, 4) is 0 Å². The highest BCUT2D eigenvalue weighted by molar-refractivity contribution is 6.34. The molecule has 1 heterocycles. The van der Waals surface area contributed by atoms with Crippen molar-refractivity contribution >= 4 is 23.4 Å². The van der Waals surface area contributed by atoms with Gasteiger partial charge in [-0.2, -0.15) is 0 Å². The Morgan fingerprint density at radius 2 is 2.00 bits per heavy atom. The van der Waals surface area contributed by atoms with E-state index in [2.05, 4.69) is 4.98 Å². The van der Waals surface area contributed by atoms with Crippen LogP contribution in [0.25, 0.3) is 0 Å². The molecule has 98 valence electrons. The minimum Gasteiger partial charge on any atom is -0.459 e. The Balaban J connectivity index is 2.85. The zero-order valence-electron chi connectivity index (χ0n) is 10.9. The number of aromatic nitrogens is 1. The van der Waals surface area contributed by atoms with E-state index in [1.807, 2.05) is 0 Å². The van der Waals surface area contributed by atoms with E-state index in [-0.39, 0.29) is 10.7 Å². The summed E-state index contributed by atoms with van der Waals surface area (Å²) in [5.41, 5.74) is -0.531. The third-order valence-corrected chi connectivity index (χ3v) is 2.45. The Hall–Kier alpha value is -1.42. The first kappa shape index (κ1) is 14.6. The maximum absolute atomic E-state index is 12.0. The first-order valence-electron chi connectivity index (χ1n) is 5.60. The van der Waals surface area contributed by atoms with Crippen LogP contribution in [0.3, 0.4) is 0 Å². The molecule has 0 fully saturated rings. The quantitative estimate of drug-likeness (QED) is 0.481. The van der Waals surface area contributed by atoms with Crippen molar-refractivity contribution < 1.29 is 14.3 Å². The van der Waals surface area contributed by atoms with Crippen LogP contribution in [0, 0.1) is 5.92 Å². The summed E-state index contributed by atoms with van der Waals surface area (Å²) in [5.74, 6) is -1.93. The van der Waals surface area contributed by atoms with Crippen molar-refractivity contribution in [3.63, 3.8) is 0 Å². The second-order valence-corrected chi connectivity index (χ2v) is 5.36. The molecule has 0 aromatic carbocycles. The first-order valence-corrected chi connectivity index (χ1v) is 5.98. The van der Waals surface area contributed by atoms with Crippen LogP contribution in [0.2, 0.25) is 5.02 Å². The van der Waals surface area contributed by atoms with Crippen LogP contribution in [0.4, 0.5) is 0 Å². The largest absolute Gasteiger partial charge is 0.459 e. The van der Waals surface area contributed by atoms with E-state index in [4.69, 9.17) is 16.3 Å². The van der Waals surface area contributed by atoms with Crippen LogP contribution in [0.1, 0.15) is 38.2 Å². The van der Waals surface area contributed by atoms with E-state index in [0.717, 1.165) is 0 Å². The molecule has 18 heavy (non-hydrogen) atoms. The summed E-state index contributed by atoms with van der Waals surface area (Å²) < 4.78 is 5.15. The molecule has 0 N–H and O–H groups in total. The lowest BCUT2D eigenvalue weighted by molar-refractivity contribution is -0.157. The summed E-state index contributed by atoms with van der Waals surface area (Å²) in [6, 6.07) is 3.18. The van der Waals surface area contributed by atoms with Gasteiger partial charge in [-0.25, -0.2) is 0 Å². The molecule has 0 radical (unpaired) electrons. The van der Waals surface area contributed by atoms with E-state index in [1.54, 1.807) is 32.9 Å². The average Bonchev–Trinajstić information content (AvgIpc) is 2.25. The number of carbonyl (C=O) groups is 2. The number of Topliss-reactive ketones (excluding diaryl/α,β-unsaturated/α-hetero) is 1. The fourth-order valence-corrected chi connectivity index (χ4v) is 1.48. The summed E-state index contributed by atoms with van der Waals surface area (Å²) in [4.78, 5) is 27.7. The molecule has 0 saturated carbocycles. The van der Waals surface area contributed by atoms with Gasteiger partial charge in [0, 0.05) is 6.20 Å². The lowest BCUT2D eigenvalue weighted by Gasteiger charge is -2.21. The van der Waals surface area contributed by atoms with Gasteiger partial charge in [-0.3, -0.25) is 14.6 Å². The summed E-state index contributed by atoms with van der Waals surface area (Å²) in [6.45, 7) is 6.73. The van der Waals surface area contributed by atoms with E-state index in [0.29, 0.717) is 0 Å². The Morgan fingerprint density at radius 3 is 2.50 bits per heavy atom. The van der Waals surface area contributed by atoms with Gasteiger partial charge in [0.05, 0.1) is 5.02 Å². The molecule has 1 aromatic rings. The number of hydrogen-bond donors (Lipinski definition) is 0. The molecule has 0 aliphatic carbocycles. The minimum atomic E-state index is -0.920. The summed E-state index contributed by atoms with van der Waals surface area (Å²) in [7, 11) is 0. The normalized spacial score (nSPS) is 12.9. The molecule has 1 rings (SSSR count). The van der Waals surface area contributed by atoms with Gasteiger partial charge in [-0.1, -0.05) is 11.6 Å². The summed E-state index contributed by atoms with van der Waals surface area (Å²) in [5, 5.41) is 0.234. The van der Waals surface area contributed by atoms with E-state index >= 15 is 0 Å². The smallest absolute Gasteiger partial charge is 0.317 e. The molecule has 1 unspecified atom stereocenters. The van der Waals surface area contributed by atoms with Crippen molar-refractivity contribution in [2.75, 3.05) is 0 Å². The van der Waals surface area contributed by atoms with Gasteiger partial charge >= 0.3 is 5.97 Å². The Kier molecular flexibility index (Phi) is 4.46. The molecule has 0 aliphatic rings. The van der Waals surface area contributed by atoms with Crippen LogP contribution in [-0.4, -0.2) is 22.3 Å². The van der Waals surface area contributed by atoms with Gasteiger partial charge in [-0.05, 0) is 39.8 Å². The number of pyridine rings is 1. The molecule has 5 heteroatoms. The molecular formula is C13H16ClNO3. The Morgan fingerprint density at radius 1 is 1.39 bits per heavy atom. The van der Waals surface area contributed by atoms with Gasteiger partial charge in [0.15, 0.2) is 5.78 Å². The van der Waals surface area contributed by atoms with E-state index in [9.17, 15) is 9.59 Å². The number of ketones is 1. The number of rotatable bonds is 3. The van der Waals surface area contributed by atoms with Crippen LogP contribution in [0.15, 0.2) is 18.3 Å². The average molecular weight is 270 g/mol. The zero-order chi connectivity index (χ0) is 13.9. The van der Waals surface area contributed by atoms with Crippen LogP contribution >= 0.6 is 11.6 Å². The Bertz CT molecular complexity index is 466. The fourth-order valence-electron chi connectivity index (χ4n) is 1.27. The molecule has 0 saturated heterocycles. The SMILES string of the molecule is CC(C(=O)OC(C)(C)C)C(=O)c1ncccc1Cl. The molecule has 0 aliphatic heterocycles. The number of carbonyl (C=O) groups excluding carboxylic acids is 2. The van der Waals surface area contributed by atoms with E-state index in [1.165, 1.54) is 13.1 Å².